The maximum atomic E-state index is 13.4. The van der Waals surface area contributed by atoms with Crippen LogP contribution in [0.1, 0.15) is 6.92 Å². The molecule has 0 amide bonds. The van der Waals surface area contributed by atoms with Crippen LogP contribution in [0, 0.1) is 10.7 Å². The minimum Gasteiger partial charge on any atom is -0.268 e. The summed E-state index contributed by atoms with van der Waals surface area (Å²) in [6.07, 6.45) is 3.65. The molecule has 4 aromatic rings. The van der Waals surface area contributed by atoms with E-state index in [4.69, 9.17) is 4.98 Å². The molecule has 0 aliphatic carbocycles. The van der Waals surface area contributed by atoms with Gasteiger partial charge in [0.2, 0.25) is 0 Å². The number of aromatic nitrogens is 3. The van der Waals surface area contributed by atoms with Gasteiger partial charge in [-0.3, -0.25) is 14.3 Å². The third-order valence-electron chi connectivity index (χ3n) is 4.67. The van der Waals surface area contributed by atoms with Crippen LogP contribution in [0.3, 0.4) is 0 Å². The van der Waals surface area contributed by atoms with Gasteiger partial charge in [0.15, 0.2) is 0 Å². The average molecular weight is 444 g/mol. The van der Waals surface area contributed by atoms with Crippen LogP contribution in [0.5, 0.6) is 0 Å². The second-order valence-electron chi connectivity index (χ2n) is 6.48. The van der Waals surface area contributed by atoms with E-state index in [1.54, 1.807) is 10.8 Å². The largest absolute Gasteiger partial charge is 0.268 e. The van der Waals surface area contributed by atoms with Crippen LogP contribution in [0.4, 0.5) is 0 Å². The summed E-state index contributed by atoms with van der Waals surface area (Å²) in [5, 5.41) is 2.37. The first-order valence-electron chi connectivity index (χ1n) is 9.15. The van der Waals surface area contributed by atoms with Gasteiger partial charge < -0.3 is 0 Å². The topological polar surface area (TPSA) is 47.8 Å². The zero-order chi connectivity index (χ0) is 20.4. The Bertz CT molecular complexity index is 1440. The van der Waals surface area contributed by atoms with Crippen LogP contribution >= 0.6 is 15.9 Å². The highest BCUT2D eigenvalue weighted by Gasteiger charge is 2.13. The third kappa shape index (κ3) is 3.57. The highest BCUT2D eigenvalue weighted by Crippen LogP contribution is 2.21. The lowest BCUT2D eigenvalue weighted by atomic mass is 10.2. The first kappa shape index (κ1) is 19.0. The second kappa shape index (κ2) is 7.97. The molecule has 0 radical (unpaired) electrons. The molecule has 0 bridgehead atoms. The fourth-order valence-corrected chi connectivity index (χ4v) is 3.47. The van der Waals surface area contributed by atoms with Gasteiger partial charge in [-0.05, 0) is 42.5 Å². The molecule has 142 valence electrons. The van der Waals surface area contributed by atoms with Crippen molar-refractivity contribution in [1.82, 2.24) is 14.5 Å². The van der Waals surface area contributed by atoms with Gasteiger partial charge in [0.25, 0.3) is 5.56 Å². The van der Waals surface area contributed by atoms with Gasteiger partial charge in [-0.1, -0.05) is 65.0 Å². The molecule has 4 nitrogen and oxygen atoms in total. The highest BCUT2D eigenvalue weighted by molar-refractivity contribution is 9.10. The fraction of sp³-hybridized carbons (Fsp3) is 0.0417. The number of benzene rings is 2. The van der Waals surface area contributed by atoms with Gasteiger partial charge in [-0.2, -0.15) is 0 Å². The smallest absolute Gasteiger partial charge is 0.265 e. The quantitative estimate of drug-likeness (QED) is 0.475. The maximum absolute atomic E-state index is 13.4. The Morgan fingerprint density at radius 1 is 0.966 bits per heavy atom. The molecule has 0 saturated carbocycles. The van der Waals surface area contributed by atoms with Crippen molar-refractivity contribution in [3.63, 3.8) is 0 Å². The van der Waals surface area contributed by atoms with E-state index < -0.39 is 0 Å². The van der Waals surface area contributed by atoms with Crippen LogP contribution in [-0.4, -0.2) is 14.5 Å². The predicted molar refractivity (Wildman–Crippen MR) is 120 cm³/mol. The number of hydrogen-bond donors (Lipinski definition) is 0. The number of para-hydroxylation sites is 1. The summed E-state index contributed by atoms with van der Waals surface area (Å²) in [6, 6.07) is 21.0. The molecule has 5 heteroatoms. The first-order chi connectivity index (χ1) is 14.1. The van der Waals surface area contributed by atoms with E-state index in [9.17, 15) is 4.79 Å². The summed E-state index contributed by atoms with van der Waals surface area (Å²) >= 11 is 3.46. The summed E-state index contributed by atoms with van der Waals surface area (Å²) in [6.45, 7) is 5.98. The molecule has 0 unspecified atom stereocenters. The normalized spacial score (nSPS) is 12.8. The maximum Gasteiger partial charge on any atom is 0.265 e. The standard InChI is InChI=1S/C24H18BrN3O/c1-3-17-8-7-15-26-22(17)21-16(2)24(29)28(20-9-5-4-6-10-20)23(27-21)18-11-13-19(25)14-12-18/h3-15H,2H2,1H3/b17-3-,22-21-. The van der Waals surface area contributed by atoms with Gasteiger partial charge in [0.1, 0.15) is 11.2 Å². The molecule has 0 aliphatic heterocycles. The Hall–Kier alpha value is -3.31. The van der Waals surface area contributed by atoms with Crippen LogP contribution in [0.25, 0.3) is 29.7 Å². The summed E-state index contributed by atoms with van der Waals surface area (Å²) in [5.41, 5.74) is 1.35. The number of nitrogens with zero attached hydrogens (tertiary/aromatic N) is 3. The summed E-state index contributed by atoms with van der Waals surface area (Å²) in [7, 11) is 0. The molecular formula is C24H18BrN3O. The Kier molecular flexibility index (Phi) is 5.23. The molecule has 0 N–H and O–H groups in total. The molecule has 0 fully saturated rings. The molecule has 0 spiro atoms. The molecule has 0 saturated heterocycles. The van der Waals surface area contributed by atoms with E-state index in [1.165, 1.54) is 0 Å². The van der Waals surface area contributed by atoms with E-state index in [1.807, 2.05) is 79.7 Å². The Balaban J connectivity index is 2.24. The van der Waals surface area contributed by atoms with Crippen molar-refractivity contribution >= 4 is 28.6 Å². The van der Waals surface area contributed by atoms with Gasteiger partial charge >= 0.3 is 0 Å². The molecule has 4 rings (SSSR count). The predicted octanol–water partition coefficient (Wildman–Crippen LogP) is 3.55. The zero-order valence-electron chi connectivity index (χ0n) is 15.8. The van der Waals surface area contributed by atoms with Gasteiger partial charge in [-0.25, -0.2) is 4.98 Å². The molecule has 0 atom stereocenters. The first-order valence-corrected chi connectivity index (χ1v) is 9.94. The Labute approximate surface area is 176 Å². The van der Waals surface area contributed by atoms with Gasteiger partial charge in [0, 0.05) is 16.2 Å². The lowest BCUT2D eigenvalue weighted by molar-refractivity contribution is 0.912. The zero-order valence-corrected chi connectivity index (χ0v) is 17.4. The van der Waals surface area contributed by atoms with Crippen molar-refractivity contribution in [2.24, 2.45) is 0 Å². The molecule has 29 heavy (non-hydrogen) atoms. The van der Waals surface area contributed by atoms with Crippen molar-refractivity contribution in [2.75, 3.05) is 0 Å². The number of hydrogen-bond acceptors (Lipinski definition) is 3. The SMILES string of the molecule is C=c1c(=O)n(-c2ccccc2)c(-c2ccc(Br)cc2)n/c1=c1\nccc\c1=C\C. The van der Waals surface area contributed by atoms with Crippen LogP contribution in [-0.2, 0) is 0 Å². The van der Waals surface area contributed by atoms with E-state index in [2.05, 4.69) is 27.5 Å². The number of rotatable bonds is 2. The van der Waals surface area contributed by atoms with Crippen LogP contribution in [0.2, 0.25) is 0 Å². The van der Waals surface area contributed by atoms with E-state index in [0.717, 1.165) is 20.9 Å². The summed E-state index contributed by atoms with van der Waals surface area (Å²) in [5.74, 6) is 0.545. The van der Waals surface area contributed by atoms with Gasteiger partial charge in [-0.15, -0.1) is 0 Å². The molecule has 2 aromatic carbocycles. The molecule has 2 heterocycles. The third-order valence-corrected chi connectivity index (χ3v) is 5.20. The number of halogens is 1. The Morgan fingerprint density at radius 3 is 2.38 bits per heavy atom. The Morgan fingerprint density at radius 2 is 1.69 bits per heavy atom. The van der Waals surface area contributed by atoms with Crippen LogP contribution in [0.15, 0.2) is 82.2 Å². The minimum absolute atomic E-state index is 0.216. The molecular weight excluding hydrogens is 426 g/mol. The van der Waals surface area contributed by atoms with Crippen molar-refractivity contribution in [3.05, 3.63) is 109 Å². The van der Waals surface area contributed by atoms with E-state index >= 15 is 0 Å². The van der Waals surface area contributed by atoms with Crippen molar-refractivity contribution in [2.45, 2.75) is 6.92 Å². The lowest BCUT2D eigenvalue weighted by Gasteiger charge is -2.13. The molecule has 0 aliphatic rings. The lowest BCUT2D eigenvalue weighted by Crippen LogP contribution is -2.36. The fourth-order valence-electron chi connectivity index (χ4n) is 3.21. The van der Waals surface area contributed by atoms with E-state index in [-0.39, 0.29) is 5.56 Å². The van der Waals surface area contributed by atoms with Crippen molar-refractivity contribution in [3.8, 4) is 17.1 Å². The number of pyridine rings is 1. The monoisotopic (exact) mass is 443 g/mol. The molecule has 2 aromatic heterocycles. The highest BCUT2D eigenvalue weighted by atomic mass is 79.9. The van der Waals surface area contributed by atoms with Gasteiger partial charge in [0.05, 0.1) is 16.3 Å². The summed E-state index contributed by atoms with van der Waals surface area (Å²) < 4.78 is 2.56. The van der Waals surface area contributed by atoms with Crippen LogP contribution < -0.4 is 16.0 Å². The van der Waals surface area contributed by atoms with Crippen molar-refractivity contribution in [1.29, 1.82) is 0 Å². The summed E-state index contributed by atoms with van der Waals surface area (Å²) in [4.78, 5) is 22.8. The van der Waals surface area contributed by atoms with E-state index in [0.29, 0.717) is 21.7 Å². The second-order valence-corrected chi connectivity index (χ2v) is 7.39. The van der Waals surface area contributed by atoms with Crippen molar-refractivity contribution < 1.29 is 0 Å². The minimum atomic E-state index is -0.216. The average Bonchev–Trinajstić information content (AvgIpc) is 2.76.